The molecule has 0 saturated carbocycles. The molecule has 0 fully saturated rings. The van der Waals surface area contributed by atoms with Crippen LogP contribution in [0.15, 0.2) is 42.5 Å². The van der Waals surface area contributed by atoms with Crippen LogP contribution < -0.4 is 15.4 Å². The molecule has 6 nitrogen and oxygen atoms in total. The zero-order valence-corrected chi connectivity index (χ0v) is 19.4. The second kappa shape index (κ2) is 8.41. The number of rotatable bonds is 3. The first-order valence-electron chi connectivity index (χ1n) is 10.1. The average Bonchev–Trinajstić information content (AvgIpc) is 3.12. The van der Waals surface area contributed by atoms with Gasteiger partial charge in [-0.15, -0.1) is 11.3 Å². The van der Waals surface area contributed by atoms with Gasteiger partial charge in [-0.2, -0.15) is 0 Å². The van der Waals surface area contributed by atoms with Crippen LogP contribution in [-0.4, -0.2) is 30.4 Å². The fourth-order valence-electron chi connectivity index (χ4n) is 3.96. The third-order valence-electron chi connectivity index (χ3n) is 5.60. The average molecular weight is 488 g/mol. The second-order valence-electron chi connectivity index (χ2n) is 7.83. The highest BCUT2D eigenvalue weighted by atomic mass is 35.5. The van der Waals surface area contributed by atoms with E-state index in [1.807, 2.05) is 12.1 Å². The van der Waals surface area contributed by atoms with E-state index in [9.17, 15) is 9.59 Å². The number of likely N-dealkylation sites (N-methyl/N-ethyl adjacent to an activating group) is 1. The molecule has 0 spiro atoms. The molecule has 164 valence electrons. The minimum atomic E-state index is -0.567. The van der Waals surface area contributed by atoms with Crippen LogP contribution >= 0.6 is 34.5 Å². The molecule has 0 bridgehead atoms. The van der Waals surface area contributed by atoms with Crippen LogP contribution in [0, 0.1) is 0 Å². The molecule has 32 heavy (non-hydrogen) atoms. The normalized spacial score (nSPS) is 17.7. The number of fused-ring (bicyclic) bond motifs is 3. The van der Waals surface area contributed by atoms with Crippen molar-refractivity contribution >= 4 is 51.4 Å². The Kier molecular flexibility index (Phi) is 5.59. The monoisotopic (exact) mass is 487 g/mol. The molecule has 1 aromatic heterocycles. The van der Waals surface area contributed by atoms with Gasteiger partial charge < -0.3 is 20.3 Å². The van der Waals surface area contributed by atoms with Crippen molar-refractivity contribution in [2.75, 3.05) is 18.9 Å². The zero-order chi connectivity index (χ0) is 22.4. The molecule has 2 aliphatic rings. The lowest BCUT2D eigenvalue weighted by Gasteiger charge is -2.27. The van der Waals surface area contributed by atoms with Crippen molar-refractivity contribution < 1.29 is 14.3 Å². The lowest BCUT2D eigenvalue weighted by Crippen LogP contribution is -2.38. The minimum absolute atomic E-state index is 0.0568. The van der Waals surface area contributed by atoms with E-state index in [2.05, 4.69) is 22.6 Å². The molecule has 0 aliphatic carbocycles. The number of hydrogen-bond acceptors (Lipinski definition) is 6. The number of benzene rings is 2. The maximum absolute atomic E-state index is 12.9. The first-order valence-corrected chi connectivity index (χ1v) is 11.6. The summed E-state index contributed by atoms with van der Waals surface area (Å²) in [7, 11) is 2.09. The molecule has 9 heteroatoms. The smallest absolute Gasteiger partial charge is 0.345 e. The molecule has 2 aliphatic heterocycles. The van der Waals surface area contributed by atoms with Gasteiger partial charge in [0.25, 0.3) is 5.91 Å². The lowest BCUT2D eigenvalue weighted by molar-refractivity contribution is 0.0734. The first-order chi connectivity index (χ1) is 15.4. The molecule has 1 amide bonds. The van der Waals surface area contributed by atoms with Crippen LogP contribution in [0.25, 0.3) is 0 Å². The molecule has 1 atom stereocenters. The van der Waals surface area contributed by atoms with Crippen molar-refractivity contribution in [3.8, 4) is 5.75 Å². The molecule has 2 N–H and O–H groups in total. The number of carbonyl (C=O) groups is 2. The van der Waals surface area contributed by atoms with E-state index in [1.54, 1.807) is 29.5 Å². The minimum Gasteiger partial charge on any atom is -0.423 e. The van der Waals surface area contributed by atoms with Crippen LogP contribution in [0.2, 0.25) is 10.0 Å². The van der Waals surface area contributed by atoms with E-state index < -0.39 is 5.97 Å². The molecular formula is C23H19Cl2N3O3S. The van der Waals surface area contributed by atoms with Gasteiger partial charge >= 0.3 is 5.97 Å². The van der Waals surface area contributed by atoms with E-state index in [0.717, 1.165) is 41.2 Å². The van der Waals surface area contributed by atoms with Crippen molar-refractivity contribution in [2.24, 2.45) is 0 Å². The van der Waals surface area contributed by atoms with Gasteiger partial charge in [-0.1, -0.05) is 35.3 Å². The summed E-state index contributed by atoms with van der Waals surface area (Å²) >= 11 is 13.6. The Balaban J connectivity index is 1.32. The van der Waals surface area contributed by atoms with E-state index >= 15 is 0 Å². The number of esters is 1. The number of anilines is 1. The van der Waals surface area contributed by atoms with E-state index in [1.165, 1.54) is 17.0 Å². The maximum atomic E-state index is 12.9. The SMILES string of the molecule is CN1CCc2c(sc3c2C(=O)N[C@@H](c2ccc(OC(=O)c4ccc(Cl)cc4Cl)cc2)N3)C1. The highest BCUT2D eigenvalue weighted by Crippen LogP contribution is 2.40. The molecule has 5 rings (SSSR count). The molecule has 3 heterocycles. The molecule has 0 unspecified atom stereocenters. The zero-order valence-electron chi connectivity index (χ0n) is 17.1. The molecule has 0 radical (unpaired) electrons. The standard InChI is InChI=1S/C23H19Cl2N3O3S/c1-28-9-8-16-18(11-28)32-22-19(16)21(29)26-20(27-22)12-2-5-14(6-3-12)31-23(30)15-7-4-13(24)10-17(15)25/h2-7,10,20,27H,8-9,11H2,1H3,(H,26,29)/t20-/m1/s1. The lowest BCUT2D eigenvalue weighted by atomic mass is 10.0. The van der Waals surface area contributed by atoms with Crippen molar-refractivity contribution in [2.45, 2.75) is 19.1 Å². The molecule has 2 aromatic carbocycles. The van der Waals surface area contributed by atoms with Crippen molar-refractivity contribution in [1.82, 2.24) is 10.2 Å². The van der Waals surface area contributed by atoms with Gasteiger partial charge in [0.05, 0.1) is 16.1 Å². The number of amides is 1. The van der Waals surface area contributed by atoms with Crippen LogP contribution in [0.5, 0.6) is 5.75 Å². The second-order valence-corrected chi connectivity index (χ2v) is 9.78. The Morgan fingerprint density at radius 1 is 1.16 bits per heavy atom. The van der Waals surface area contributed by atoms with Gasteiger partial charge in [-0.3, -0.25) is 4.79 Å². The van der Waals surface area contributed by atoms with E-state index in [4.69, 9.17) is 27.9 Å². The summed E-state index contributed by atoms with van der Waals surface area (Å²) in [5, 5.41) is 8.07. The molecule has 3 aromatic rings. The third kappa shape index (κ3) is 3.97. The largest absolute Gasteiger partial charge is 0.423 e. The predicted molar refractivity (Wildman–Crippen MR) is 126 cm³/mol. The van der Waals surface area contributed by atoms with Crippen LogP contribution in [0.4, 0.5) is 5.00 Å². The van der Waals surface area contributed by atoms with Gasteiger partial charge in [0.15, 0.2) is 0 Å². The highest BCUT2D eigenvalue weighted by Gasteiger charge is 2.32. The van der Waals surface area contributed by atoms with Gasteiger partial charge in [0.1, 0.15) is 16.9 Å². The molecule has 0 saturated heterocycles. The molecular weight excluding hydrogens is 469 g/mol. The summed E-state index contributed by atoms with van der Waals surface area (Å²) in [6.07, 6.45) is 0.526. The number of nitrogens with zero attached hydrogens (tertiary/aromatic N) is 1. The summed E-state index contributed by atoms with van der Waals surface area (Å²) in [6, 6.07) is 11.6. The summed E-state index contributed by atoms with van der Waals surface area (Å²) < 4.78 is 5.43. The quantitative estimate of drug-likeness (QED) is 0.396. The number of thiophene rings is 1. The number of halogens is 2. The van der Waals surface area contributed by atoms with Gasteiger partial charge in [-0.05, 0) is 54.9 Å². The third-order valence-corrected chi connectivity index (χ3v) is 7.30. The fraction of sp³-hybridized carbons (Fsp3) is 0.217. The summed E-state index contributed by atoms with van der Waals surface area (Å²) in [4.78, 5) is 28.8. The Bertz CT molecular complexity index is 1230. The number of nitrogens with one attached hydrogen (secondary N) is 2. The predicted octanol–water partition coefficient (Wildman–Crippen LogP) is 5.12. The Labute approximate surface area is 199 Å². The fourth-order valence-corrected chi connectivity index (χ4v) is 5.79. The number of hydrogen-bond donors (Lipinski definition) is 2. The van der Waals surface area contributed by atoms with Crippen LogP contribution in [-0.2, 0) is 13.0 Å². The van der Waals surface area contributed by atoms with Crippen molar-refractivity contribution in [3.05, 3.63) is 79.6 Å². The Hall–Kier alpha value is -2.58. The van der Waals surface area contributed by atoms with Crippen LogP contribution in [0.3, 0.4) is 0 Å². The maximum Gasteiger partial charge on any atom is 0.345 e. The Morgan fingerprint density at radius 3 is 2.69 bits per heavy atom. The van der Waals surface area contributed by atoms with Gasteiger partial charge in [0, 0.05) is 23.0 Å². The van der Waals surface area contributed by atoms with Gasteiger partial charge in [0.2, 0.25) is 0 Å². The highest BCUT2D eigenvalue weighted by molar-refractivity contribution is 7.16. The first kappa shape index (κ1) is 21.3. The summed E-state index contributed by atoms with van der Waals surface area (Å²) in [5.41, 5.74) is 3.03. The van der Waals surface area contributed by atoms with E-state index in [0.29, 0.717) is 10.8 Å². The topological polar surface area (TPSA) is 70.7 Å². The van der Waals surface area contributed by atoms with Crippen molar-refractivity contribution in [1.29, 1.82) is 0 Å². The van der Waals surface area contributed by atoms with Gasteiger partial charge in [-0.25, -0.2) is 4.79 Å². The van der Waals surface area contributed by atoms with E-state index in [-0.39, 0.29) is 22.7 Å². The summed E-state index contributed by atoms with van der Waals surface area (Å²) in [5.74, 6) is -0.247. The Morgan fingerprint density at radius 2 is 1.94 bits per heavy atom. The van der Waals surface area contributed by atoms with Crippen molar-refractivity contribution in [3.63, 3.8) is 0 Å². The van der Waals surface area contributed by atoms with Crippen LogP contribution in [0.1, 0.15) is 42.9 Å². The number of ether oxygens (including phenoxy) is 1. The summed E-state index contributed by atoms with van der Waals surface area (Å²) in [6.45, 7) is 1.82. The number of carbonyl (C=O) groups excluding carboxylic acids is 2.